The molecule has 0 heterocycles. The number of hydrogen-bond donors (Lipinski definition) is 2. The van der Waals surface area contributed by atoms with Crippen LogP contribution in [0.2, 0.25) is 0 Å². The average Bonchev–Trinajstić information content (AvgIpc) is 1.79. The van der Waals surface area contributed by atoms with Crippen molar-refractivity contribution in [3.05, 3.63) is 0 Å². The highest BCUT2D eigenvalue weighted by molar-refractivity contribution is 7.53. The molecule has 0 aliphatic carbocycles. The Labute approximate surface area is 75.9 Å². The molecule has 0 aromatic carbocycles. The largest absolute Gasteiger partial charge is 0.481 e. The lowest BCUT2D eigenvalue weighted by molar-refractivity contribution is -0.279. The maximum Gasteiger partial charge on any atom is 0.366 e. The second-order valence-corrected chi connectivity index (χ2v) is 5.20. The molecule has 6 nitrogen and oxygen atoms in total. The fraction of sp³-hybridized carbons (Fsp3) is 0.833. The van der Waals surface area contributed by atoms with E-state index in [1.807, 2.05) is 0 Å². The van der Waals surface area contributed by atoms with Gasteiger partial charge in [0.25, 0.3) is 0 Å². The summed E-state index contributed by atoms with van der Waals surface area (Å²) >= 11 is 0. The summed E-state index contributed by atoms with van der Waals surface area (Å²) in [5.74, 6) is -1.41. The monoisotopic (exact) mass is 212 g/mol. The van der Waals surface area contributed by atoms with Crippen LogP contribution in [-0.4, -0.2) is 27.7 Å². The van der Waals surface area contributed by atoms with Crippen molar-refractivity contribution in [2.45, 2.75) is 26.4 Å². The van der Waals surface area contributed by atoms with Gasteiger partial charge in [0, 0.05) is 0 Å². The number of aliphatic carboxylic acids is 1. The normalized spacial score (nSPS) is 16.6. The summed E-state index contributed by atoms with van der Waals surface area (Å²) in [6, 6.07) is 0. The van der Waals surface area contributed by atoms with Crippen molar-refractivity contribution in [3.8, 4) is 0 Å². The Morgan fingerprint density at radius 1 is 1.46 bits per heavy atom. The van der Waals surface area contributed by atoms with Gasteiger partial charge < -0.3 is 10.00 Å². The first kappa shape index (κ1) is 12.6. The van der Waals surface area contributed by atoms with E-state index in [0.717, 1.165) is 0 Å². The molecule has 0 aliphatic heterocycles. The van der Waals surface area contributed by atoms with Crippen LogP contribution in [-0.2, 0) is 18.9 Å². The molecule has 78 valence electrons. The number of carboxylic acids is 1. The molecule has 13 heavy (non-hydrogen) atoms. The summed E-state index contributed by atoms with van der Waals surface area (Å²) in [6.45, 7) is 4.81. The fourth-order valence-electron chi connectivity index (χ4n) is 0.367. The topological polar surface area (TPSA) is 93.1 Å². The van der Waals surface area contributed by atoms with Crippen molar-refractivity contribution >= 4 is 13.6 Å². The zero-order valence-corrected chi connectivity index (χ0v) is 8.58. The Morgan fingerprint density at radius 2 is 1.92 bits per heavy atom. The van der Waals surface area contributed by atoms with Crippen molar-refractivity contribution < 1.29 is 28.9 Å². The summed E-state index contributed by atoms with van der Waals surface area (Å²) in [6.07, 6.45) is -0.969. The molecule has 0 aromatic rings. The Kier molecular flexibility index (Phi) is 4.06. The van der Waals surface area contributed by atoms with Gasteiger partial charge in [-0.15, -0.1) is 4.67 Å². The van der Waals surface area contributed by atoms with E-state index in [1.54, 1.807) is 20.8 Å². The maximum absolute atomic E-state index is 10.9. The van der Waals surface area contributed by atoms with Crippen molar-refractivity contribution in [2.75, 3.05) is 6.16 Å². The summed E-state index contributed by atoms with van der Waals surface area (Å²) in [5.41, 5.74) is -0.753. The van der Waals surface area contributed by atoms with Gasteiger partial charge in [0.05, 0.1) is 5.60 Å². The Hall–Kier alpha value is -0.420. The molecule has 0 aliphatic rings. The third kappa shape index (κ3) is 7.93. The van der Waals surface area contributed by atoms with E-state index in [2.05, 4.69) is 9.56 Å². The minimum absolute atomic E-state index is 0.753. The van der Waals surface area contributed by atoms with Crippen molar-refractivity contribution in [2.24, 2.45) is 0 Å². The fourth-order valence-corrected chi connectivity index (χ4v) is 1.10. The molecule has 0 fully saturated rings. The lowest BCUT2D eigenvalue weighted by Crippen LogP contribution is -2.19. The van der Waals surface area contributed by atoms with E-state index in [9.17, 15) is 9.36 Å². The second kappa shape index (κ2) is 4.19. The minimum Gasteiger partial charge on any atom is -0.481 e. The minimum atomic E-state index is -4.17. The summed E-state index contributed by atoms with van der Waals surface area (Å²) < 4.78 is 15.0. The Bertz CT molecular complexity index is 230. The lowest BCUT2D eigenvalue weighted by atomic mass is 10.2. The highest BCUT2D eigenvalue weighted by Crippen LogP contribution is 2.42. The van der Waals surface area contributed by atoms with Gasteiger partial charge >= 0.3 is 13.6 Å². The first-order chi connectivity index (χ1) is 5.62. The molecule has 0 spiro atoms. The predicted molar refractivity (Wildman–Crippen MR) is 44.3 cm³/mol. The molecule has 0 bridgehead atoms. The number of rotatable bonds is 4. The van der Waals surface area contributed by atoms with Crippen LogP contribution in [0.3, 0.4) is 0 Å². The molecule has 7 heteroatoms. The molecular weight excluding hydrogens is 199 g/mol. The Morgan fingerprint density at radius 3 is 2.23 bits per heavy atom. The van der Waals surface area contributed by atoms with Crippen molar-refractivity contribution in [1.29, 1.82) is 0 Å². The summed E-state index contributed by atoms with van der Waals surface area (Å²) in [4.78, 5) is 23.5. The van der Waals surface area contributed by atoms with Crippen LogP contribution in [0.1, 0.15) is 20.8 Å². The highest BCUT2D eigenvalue weighted by atomic mass is 31.2. The van der Waals surface area contributed by atoms with E-state index in [4.69, 9.17) is 10.00 Å². The molecular formula is C6H13O6P. The van der Waals surface area contributed by atoms with Gasteiger partial charge in [-0.2, -0.15) is 0 Å². The van der Waals surface area contributed by atoms with Gasteiger partial charge in [0.1, 0.15) is 6.16 Å². The van der Waals surface area contributed by atoms with Gasteiger partial charge in [0.15, 0.2) is 0 Å². The number of carbonyl (C=O) groups is 1. The van der Waals surface area contributed by atoms with E-state index >= 15 is 0 Å². The van der Waals surface area contributed by atoms with Gasteiger partial charge in [-0.1, -0.05) is 0 Å². The lowest BCUT2D eigenvalue weighted by Gasteiger charge is -2.19. The number of hydrogen-bond acceptors (Lipinski definition) is 4. The number of carboxylic acid groups (broad SMARTS) is 1. The third-order valence-corrected chi connectivity index (χ3v) is 1.72. The van der Waals surface area contributed by atoms with E-state index in [0.29, 0.717) is 0 Å². The van der Waals surface area contributed by atoms with Crippen LogP contribution >= 0.6 is 7.60 Å². The molecule has 0 rings (SSSR count). The van der Waals surface area contributed by atoms with Crippen LogP contribution in [0.25, 0.3) is 0 Å². The molecule has 0 amide bonds. The molecule has 1 unspecified atom stereocenters. The van der Waals surface area contributed by atoms with E-state index in [-0.39, 0.29) is 0 Å². The molecule has 1 atom stereocenters. The first-order valence-electron chi connectivity index (χ1n) is 3.53. The van der Waals surface area contributed by atoms with Crippen molar-refractivity contribution in [1.82, 2.24) is 0 Å². The van der Waals surface area contributed by atoms with Crippen LogP contribution < -0.4 is 0 Å². The summed E-state index contributed by atoms with van der Waals surface area (Å²) in [5, 5.41) is 8.21. The van der Waals surface area contributed by atoms with Gasteiger partial charge in [0.2, 0.25) is 0 Å². The third-order valence-electron chi connectivity index (χ3n) is 0.739. The summed E-state index contributed by atoms with van der Waals surface area (Å²) in [7, 11) is -4.17. The predicted octanol–water partition coefficient (Wildman–Crippen LogP) is 1.00. The standard InChI is InChI=1S/C6H13O6P/c1-6(2,3)11-12-13(9,10)4-5(7)8/h4H2,1-3H3,(H,7,8)(H,9,10). The van der Waals surface area contributed by atoms with Crippen LogP contribution in [0.15, 0.2) is 0 Å². The molecule has 2 N–H and O–H groups in total. The van der Waals surface area contributed by atoms with E-state index < -0.39 is 25.3 Å². The zero-order valence-electron chi connectivity index (χ0n) is 7.68. The first-order valence-corrected chi connectivity index (χ1v) is 5.30. The highest BCUT2D eigenvalue weighted by Gasteiger charge is 2.27. The van der Waals surface area contributed by atoms with Gasteiger partial charge in [-0.3, -0.25) is 9.36 Å². The zero-order chi connectivity index (χ0) is 10.7. The van der Waals surface area contributed by atoms with Gasteiger partial charge in [-0.25, -0.2) is 4.89 Å². The molecule has 0 radical (unpaired) electrons. The quantitative estimate of drug-likeness (QED) is 0.410. The van der Waals surface area contributed by atoms with Crippen LogP contribution in [0.5, 0.6) is 0 Å². The van der Waals surface area contributed by atoms with Gasteiger partial charge in [-0.05, 0) is 20.8 Å². The maximum atomic E-state index is 10.9. The van der Waals surface area contributed by atoms with Crippen molar-refractivity contribution in [3.63, 3.8) is 0 Å². The average molecular weight is 212 g/mol. The Balaban J connectivity index is 4.05. The van der Waals surface area contributed by atoms with Crippen LogP contribution in [0.4, 0.5) is 0 Å². The van der Waals surface area contributed by atoms with Crippen LogP contribution in [0, 0.1) is 0 Å². The van der Waals surface area contributed by atoms with E-state index in [1.165, 1.54) is 0 Å². The second-order valence-electron chi connectivity index (χ2n) is 3.46. The molecule has 0 aromatic heterocycles. The molecule has 0 saturated heterocycles. The molecule has 0 saturated carbocycles. The SMILES string of the molecule is CC(C)(C)OOP(=O)(O)CC(=O)O. The smallest absolute Gasteiger partial charge is 0.366 e.